The summed E-state index contributed by atoms with van der Waals surface area (Å²) in [5.74, 6) is -2.60. The van der Waals surface area contributed by atoms with Crippen LogP contribution in [0.2, 0.25) is 0 Å². The van der Waals surface area contributed by atoms with E-state index in [9.17, 15) is 8.78 Å². The third kappa shape index (κ3) is 1.99. The van der Waals surface area contributed by atoms with Gasteiger partial charge in [0.05, 0.1) is 6.61 Å². The van der Waals surface area contributed by atoms with Crippen molar-refractivity contribution in [2.75, 3.05) is 26.3 Å². The van der Waals surface area contributed by atoms with Gasteiger partial charge in [-0.15, -0.1) is 0 Å². The molecule has 2 rings (SSSR count). The fourth-order valence-corrected chi connectivity index (χ4v) is 2.35. The molecule has 0 bridgehead atoms. The molecule has 0 aromatic carbocycles. The van der Waals surface area contributed by atoms with Crippen LogP contribution in [0.25, 0.3) is 0 Å². The Balaban J connectivity index is 2.04. The first-order valence-electron chi connectivity index (χ1n) is 4.78. The van der Waals surface area contributed by atoms with Crippen molar-refractivity contribution in [2.24, 2.45) is 5.41 Å². The number of piperidine rings is 1. The zero-order valence-corrected chi connectivity index (χ0v) is 7.61. The topological polar surface area (TPSA) is 21.3 Å². The number of nitrogens with one attached hydrogen (secondary N) is 1. The molecule has 2 aliphatic rings. The van der Waals surface area contributed by atoms with Gasteiger partial charge in [-0.1, -0.05) is 0 Å². The Hall–Kier alpha value is -0.220. The molecule has 2 saturated heterocycles. The highest BCUT2D eigenvalue weighted by molar-refractivity contribution is 4.92. The molecule has 0 saturated carbocycles. The van der Waals surface area contributed by atoms with Crippen molar-refractivity contribution in [1.29, 1.82) is 0 Å². The van der Waals surface area contributed by atoms with Gasteiger partial charge in [0.25, 0.3) is 5.92 Å². The van der Waals surface area contributed by atoms with E-state index in [0.29, 0.717) is 6.61 Å². The van der Waals surface area contributed by atoms with Crippen LogP contribution in [0.1, 0.15) is 19.3 Å². The molecule has 76 valence electrons. The lowest BCUT2D eigenvalue weighted by atomic mass is 9.74. The number of hydrogen-bond acceptors (Lipinski definition) is 2. The fourth-order valence-electron chi connectivity index (χ4n) is 2.35. The summed E-state index contributed by atoms with van der Waals surface area (Å²) in [6.45, 7) is 1.82. The predicted molar refractivity (Wildman–Crippen MR) is 44.9 cm³/mol. The molecule has 2 nitrogen and oxygen atoms in total. The first-order valence-corrected chi connectivity index (χ1v) is 4.78. The third-order valence-electron chi connectivity index (χ3n) is 3.02. The van der Waals surface area contributed by atoms with Gasteiger partial charge in [0.1, 0.15) is 6.61 Å². The summed E-state index contributed by atoms with van der Waals surface area (Å²) in [5.41, 5.74) is -0.243. The maximum absolute atomic E-state index is 13.1. The summed E-state index contributed by atoms with van der Waals surface area (Å²) in [5, 5.41) is 3.18. The van der Waals surface area contributed by atoms with Crippen LogP contribution < -0.4 is 5.32 Å². The highest BCUT2D eigenvalue weighted by Crippen LogP contribution is 2.43. The van der Waals surface area contributed by atoms with Gasteiger partial charge >= 0.3 is 0 Å². The van der Waals surface area contributed by atoms with Gasteiger partial charge in [0, 0.05) is 11.8 Å². The molecule has 0 aromatic heterocycles. The van der Waals surface area contributed by atoms with Crippen LogP contribution in [-0.4, -0.2) is 32.2 Å². The van der Waals surface area contributed by atoms with Crippen LogP contribution in [0.15, 0.2) is 0 Å². The monoisotopic (exact) mass is 191 g/mol. The summed E-state index contributed by atoms with van der Waals surface area (Å²) in [7, 11) is 0. The van der Waals surface area contributed by atoms with Crippen molar-refractivity contribution >= 4 is 0 Å². The van der Waals surface area contributed by atoms with Crippen LogP contribution in [0.5, 0.6) is 0 Å². The molecule has 2 heterocycles. The average Bonchev–Trinajstić information content (AvgIpc) is 2.03. The molecule has 0 aromatic rings. The second kappa shape index (κ2) is 3.17. The number of hydrogen-bond donors (Lipinski definition) is 1. The van der Waals surface area contributed by atoms with Gasteiger partial charge in [-0.3, -0.25) is 0 Å². The summed E-state index contributed by atoms with van der Waals surface area (Å²) in [4.78, 5) is 0. The van der Waals surface area contributed by atoms with Gasteiger partial charge < -0.3 is 10.1 Å². The van der Waals surface area contributed by atoms with E-state index in [0.717, 1.165) is 25.9 Å². The molecule has 0 atom stereocenters. The lowest BCUT2D eigenvalue weighted by molar-refractivity contribution is -0.173. The maximum Gasteiger partial charge on any atom is 0.271 e. The Labute approximate surface area is 76.6 Å². The Morgan fingerprint density at radius 2 is 1.77 bits per heavy atom. The van der Waals surface area contributed by atoms with Crippen LogP contribution in [-0.2, 0) is 4.74 Å². The number of halogens is 2. The fraction of sp³-hybridized carbons (Fsp3) is 1.00. The van der Waals surface area contributed by atoms with Crippen molar-refractivity contribution in [3.05, 3.63) is 0 Å². The molecule has 1 spiro atoms. The average molecular weight is 191 g/mol. The molecule has 1 N–H and O–H groups in total. The number of rotatable bonds is 0. The van der Waals surface area contributed by atoms with Gasteiger partial charge in [-0.05, 0) is 25.9 Å². The highest BCUT2D eigenvalue weighted by Gasteiger charge is 2.46. The van der Waals surface area contributed by atoms with E-state index in [1.54, 1.807) is 0 Å². The summed E-state index contributed by atoms with van der Waals surface area (Å²) in [6.07, 6.45) is 1.66. The van der Waals surface area contributed by atoms with E-state index in [2.05, 4.69) is 5.32 Å². The lowest BCUT2D eigenvalue weighted by Gasteiger charge is -2.43. The minimum atomic E-state index is -2.60. The molecule has 0 amide bonds. The molecule has 2 fully saturated rings. The van der Waals surface area contributed by atoms with E-state index in [1.165, 1.54) is 0 Å². The van der Waals surface area contributed by atoms with Crippen molar-refractivity contribution in [3.8, 4) is 0 Å². The van der Waals surface area contributed by atoms with E-state index in [4.69, 9.17) is 4.74 Å². The van der Waals surface area contributed by atoms with Crippen LogP contribution >= 0.6 is 0 Å². The van der Waals surface area contributed by atoms with E-state index in [1.807, 2.05) is 0 Å². The lowest BCUT2D eigenvalue weighted by Crippen LogP contribution is -2.48. The van der Waals surface area contributed by atoms with Crippen molar-refractivity contribution in [1.82, 2.24) is 5.32 Å². The molecule has 2 aliphatic heterocycles. The number of ether oxygens (including phenoxy) is 1. The Morgan fingerprint density at radius 1 is 1.08 bits per heavy atom. The minimum absolute atomic E-state index is 0.0156. The molecular formula is C9H15F2NO. The van der Waals surface area contributed by atoms with Crippen LogP contribution in [0, 0.1) is 5.41 Å². The summed E-state index contributed by atoms with van der Waals surface area (Å²) >= 11 is 0. The van der Waals surface area contributed by atoms with E-state index in [-0.39, 0.29) is 18.4 Å². The molecule has 0 aliphatic carbocycles. The zero-order chi connectivity index (χ0) is 9.36. The highest BCUT2D eigenvalue weighted by atomic mass is 19.3. The molecule has 0 radical (unpaired) electrons. The van der Waals surface area contributed by atoms with Crippen molar-refractivity contribution in [2.45, 2.75) is 25.2 Å². The van der Waals surface area contributed by atoms with Crippen molar-refractivity contribution in [3.63, 3.8) is 0 Å². The predicted octanol–water partition coefficient (Wildman–Crippen LogP) is 1.41. The molecule has 0 unspecified atom stereocenters. The SMILES string of the molecule is FC1(F)COCC2(CCNCC2)C1. The first kappa shape index (κ1) is 9.34. The Bertz CT molecular complexity index is 185. The van der Waals surface area contributed by atoms with Gasteiger partial charge in [0.15, 0.2) is 0 Å². The largest absolute Gasteiger partial charge is 0.375 e. The minimum Gasteiger partial charge on any atom is -0.375 e. The van der Waals surface area contributed by atoms with Crippen LogP contribution in [0.3, 0.4) is 0 Å². The summed E-state index contributed by atoms with van der Waals surface area (Å²) < 4.78 is 31.2. The quantitative estimate of drug-likeness (QED) is 0.625. The van der Waals surface area contributed by atoms with Gasteiger partial charge in [-0.2, -0.15) is 0 Å². The first-order chi connectivity index (χ1) is 6.12. The standard InChI is InChI=1S/C9H15F2NO/c10-9(11)5-8(6-13-7-9)1-3-12-4-2-8/h12H,1-7H2. The smallest absolute Gasteiger partial charge is 0.271 e. The van der Waals surface area contributed by atoms with E-state index >= 15 is 0 Å². The molecular weight excluding hydrogens is 176 g/mol. The Morgan fingerprint density at radius 3 is 2.38 bits per heavy atom. The van der Waals surface area contributed by atoms with Crippen LogP contribution in [0.4, 0.5) is 8.78 Å². The maximum atomic E-state index is 13.1. The second-order valence-corrected chi connectivity index (χ2v) is 4.28. The second-order valence-electron chi connectivity index (χ2n) is 4.28. The Kier molecular flexibility index (Phi) is 2.28. The van der Waals surface area contributed by atoms with E-state index < -0.39 is 5.92 Å². The molecule has 4 heteroatoms. The third-order valence-corrected chi connectivity index (χ3v) is 3.02. The zero-order valence-electron chi connectivity index (χ0n) is 7.61. The molecule has 13 heavy (non-hydrogen) atoms. The van der Waals surface area contributed by atoms with Gasteiger partial charge in [-0.25, -0.2) is 8.78 Å². The number of alkyl halides is 2. The summed E-state index contributed by atoms with van der Waals surface area (Å²) in [6, 6.07) is 0. The van der Waals surface area contributed by atoms with Crippen molar-refractivity contribution < 1.29 is 13.5 Å². The normalized spacial score (nSPS) is 31.8. The van der Waals surface area contributed by atoms with Gasteiger partial charge in [0.2, 0.25) is 0 Å².